The van der Waals surface area contributed by atoms with Gasteiger partial charge in [-0.15, -0.1) is 0 Å². The summed E-state index contributed by atoms with van der Waals surface area (Å²) in [5.74, 6) is 0.669. The molecule has 0 radical (unpaired) electrons. The molecule has 0 fully saturated rings. The first kappa shape index (κ1) is 14.8. The average Bonchev–Trinajstić information content (AvgIpc) is 2.53. The minimum Gasteiger partial charge on any atom is -0.334 e. The van der Waals surface area contributed by atoms with E-state index in [0.29, 0.717) is 17.8 Å². The number of aromatic nitrogens is 2. The predicted molar refractivity (Wildman–Crippen MR) is 87.9 cm³/mol. The Balaban J connectivity index is 1.79. The summed E-state index contributed by atoms with van der Waals surface area (Å²) in [7, 11) is 0. The second-order valence-corrected chi connectivity index (χ2v) is 5.69. The summed E-state index contributed by atoms with van der Waals surface area (Å²) in [6, 6.07) is 15.3. The van der Waals surface area contributed by atoms with Crippen LogP contribution in [0, 0.1) is 0 Å². The molecule has 0 aliphatic carbocycles. The lowest BCUT2D eigenvalue weighted by molar-refractivity contribution is -0.708. The zero-order valence-electron chi connectivity index (χ0n) is 12.2. The Morgan fingerprint density at radius 1 is 1.18 bits per heavy atom. The fourth-order valence-corrected chi connectivity index (χ4v) is 2.80. The topological polar surface area (TPSA) is 62.4 Å². The Labute approximate surface area is 133 Å². The fourth-order valence-electron chi connectivity index (χ4n) is 2.49. The van der Waals surface area contributed by atoms with E-state index in [1.54, 1.807) is 6.07 Å². The second kappa shape index (κ2) is 6.30. The number of nitrogens with two attached hydrogens (primary N) is 1. The number of nitrogens with one attached hydrogen (secondary N) is 1. The third kappa shape index (κ3) is 3.03. The first-order valence-corrected chi connectivity index (χ1v) is 7.58. The van der Waals surface area contributed by atoms with Crippen LogP contribution >= 0.6 is 11.6 Å². The molecular weight excluding hydrogens is 298 g/mol. The standard InChI is InChI=1S/C17H16ClN3O/c1-11(12-6-2-4-8-14(12)18)19-10-16-20-15-9-5-3-7-13(15)17(22)21-16/h2-9,11,19H,10H2,1H3,(H,20,21,22)/p+1/t11-/m0/s1. The molecule has 1 atom stereocenters. The molecule has 112 valence electrons. The van der Waals surface area contributed by atoms with Gasteiger partial charge in [0.05, 0.1) is 10.9 Å². The van der Waals surface area contributed by atoms with E-state index in [4.69, 9.17) is 11.6 Å². The lowest BCUT2D eigenvalue weighted by atomic mass is 10.1. The van der Waals surface area contributed by atoms with E-state index in [0.717, 1.165) is 16.1 Å². The summed E-state index contributed by atoms with van der Waals surface area (Å²) in [6.07, 6.45) is 0. The number of rotatable bonds is 4. The molecule has 0 saturated carbocycles. The van der Waals surface area contributed by atoms with Gasteiger partial charge < -0.3 is 10.3 Å². The Hall–Kier alpha value is -2.17. The minimum atomic E-state index is -0.0978. The Kier molecular flexibility index (Phi) is 4.22. The smallest absolute Gasteiger partial charge is 0.258 e. The molecule has 5 heteroatoms. The monoisotopic (exact) mass is 314 g/mol. The highest BCUT2D eigenvalue weighted by molar-refractivity contribution is 6.31. The summed E-state index contributed by atoms with van der Waals surface area (Å²) >= 11 is 6.21. The van der Waals surface area contributed by atoms with Crippen molar-refractivity contribution in [3.05, 3.63) is 75.3 Å². The molecule has 0 aliphatic heterocycles. The van der Waals surface area contributed by atoms with E-state index in [1.807, 2.05) is 42.5 Å². The first-order valence-electron chi connectivity index (χ1n) is 7.21. The lowest BCUT2D eigenvalue weighted by Gasteiger charge is -2.12. The van der Waals surface area contributed by atoms with Gasteiger partial charge >= 0.3 is 0 Å². The van der Waals surface area contributed by atoms with Crippen LogP contribution in [-0.4, -0.2) is 9.97 Å². The highest BCUT2D eigenvalue weighted by Gasteiger charge is 2.13. The van der Waals surface area contributed by atoms with Crippen LogP contribution in [0.5, 0.6) is 0 Å². The number of para-hydroxylation sites is 1. The summed E-state index contributed by atoms with van der Waals surface area (Å²) in [6.45, 7) is 2.67. The predicted octanol–water partition coefficient (Wildman–Crippen LogP) is 2.40. The lowest BCUT2D eigenvalue weighted by Crippen LogP contribution is -2.83. The average molecular weight is 315 g/mol. The summed E-state index contributed by atoms with van der Waals surface area (Å²) in [4.78, 5) is 19.4. The van der Waals surface area contributed by atoms with Crippen molar-refractivity contribution in [3.8, 4) is 0 Å². The number of H-pyrrole nitrogens is 1. The van der Waals surface area contributed by atoms with Crippen molar-refractivity contribution in [3.63, 3.8) is 0 Å². The van der Waals surface area contributed by atoms with Gasteiger partial charge in [-0.05, 0) is 25.1 Å². The van der Waals surface area contributed by atoms with Crippen LogP contribution in [0.25, 0.3) is 10.9 Å². The SMILES string of the molecule is C[C@H]([NH2+]Cc1nc2ccccc2c(=O)[nH]1)c1ccccc1Cl. The number of benzene rings is 2. The maximum atomic E-state index is 12.0. The van der Waals surface area contributed by atoms with Gasteiger partial charge in [-0.25, -0.2) is 4.98 Å². The molecular formula is C17H17ClN3O+. The van der Waals surface area contributed by atoms with Gasteiger partial charge in [-0.2, -0.15) is 0 Å². The highest BCUT2D eigenvalue weighted by Crippen LogP contribution is 2.19. The summed E-state index contributed by atoms with van der Waals surface area (Å²) in [5, 5.41) is 3.48. The van der Waals surface area contributed by atoms with E-state index in [1.165, 1.54) is 0 Å². The van der Waals surface area contributed by atoms with Crippen molar-refractivity contribution in [2.24, 2.45) is 0 Å². The highest BCUT2D eigenvalue weighted by atomic mass is 35.5. The van der Waals surface area contributed by atoms with Crippen LogP contribution in [0.4, 0.5) is 0 Å². The summed E-state index contributed by atoms with van der Waals surface area (Å²) < 4.78 is 0. The Morgan fingerprint density at radius 2 is 1.91 bits per heavy atom. The van der Waals surface area contributed by atoms with Gasteiger partial charge in [0.25, 0.3) is 5.56 Å². The second-order valence-electron chi connectivity index (χ2n) is 5.28. The molecule has 22 heavy (non-hydrogen) atoms. The molecule has 0 spiro atoms. The van der Waals surface area contributed by atoms with Gasteiger partial charge in [-0.1, -0.05) is 41.9 Å². The Morgan fingerprint density at radius 3 is 2.73 bits per heavy atom. The number of halogens is 1. The van der Waals surface area contributed by atoms with E-state index < -0.39 is 0 Å². The zero-order valence-corrected chi connectivity index (χ0v) is 13.0. The summed E-state index contributed by atoms with van der Waals surface area (Å²) in [5.41, 5.74) is 1.70. The van der Waals surface area contributed by atoms with Crippen LogP contribution in [0.1, 0.15) is 24.4 Å². The zero-order chi connectivity index (χ0) is 15.5. The molecule has 0 unspecified atom stereocenters. The van der Waals surface area contributed by atoms with Crippen molar-refractivity contribution >= 4 is 22.5 Å². The van der Waals surface area contributed by atoms with E-state index in [2.05, 4.69) is 22.2 Å². The Bertz CT molecular complexity index is 860. The van der Waals surface area contributed by atoms with Crippen molar-refractivity contribution < 1.29 is 5.32 Å². The van der Waals surface area contributed by atoms with Crippen LogP contribution in [0.15, 0.2) is 53.3 Å². The van der Waals surface area contributed by atoms with Gasteiger partial charge in [0, 0.05) is 10.6 Å². The van der Waals surface area contributed by atoms with Crippen LogP contribution in [-0.2, 0) is 6.54 Å². The van der Waals surface area contributed by atoms with Crippen LogP contribution in [0.2, 0.25) is 5.02 Å². The number of fused-ring (bicyclic) bond motifs is 1. The van der Waals surface area contributed by atoms with Gasteiger partial charge in [-0.3, -0.25) is 4.79 Å². The molecule has 0 bridgehead atoms. The molecule has 3 rings (SSSR count). The van der Waals surface area contributed by atoms with Crippen molar-refractivity contribution in [2.75, 3.05) is 0 Å². The van der Waals surface area contributed by atoms with Crippen LogP contribution < -0.4 is 10.9 Å². The third-order valence-electron chi connectivity index (χ3n) is 3.72. The molecule has 0 saturated heterocycles. The van der Waals surface area contributed by atoms with Gasteiger partial charge in [0.1, 0.15) is 12.6 Å². The fraction of sp³-hybridized carbons (Fsp3) is 0.176. The molecule has 0 amide bonds. The molecule has 0 aliphatic rings. The van der Waals surface area contributed by atoms with E-state index in [-0.39, 0.29) is 11.6 Å². The number of hydrogen-bond donors (Lipinski definition) is 2. The van der Waals surface area contributed by atoms with E-state index >= 15 is 0 Å². The molecule has 4 nitrogen and oxygen atoms in total. The molecule has 1 aromatic heterocycles. The van der Waals surface area contributed by atoms with Crippen molar-refractivity contribution in [2.45, 2.75) is 19.5 Å². The molecule has 1 heterocycles. The maximum Gasteiger partial charge on any atom is 0.258 e. The van der Waals surface area contributed by atoms with E-state index in [9.17, 15) is 4.79 Å². The molecule has 2 aromatic carbocycles. The number of nitrogens with zero attached hydrogens (tertiary/aromatic N) is 1. The first-order chi connectivity index (χ1) is 10.6. The van der Waals surface area contributed by atoms with Gasteiger partial charge in [0.15, 0.2) is 5.82 Å². The molecule has 3 N–H and O–H groups in total. The van der Waals surface area contributed by atoms with Crippen molar-refractivity contribution in [1.29, 1.82) is 0 Å². The molecule has 3 aromatic rings. The van der Waals surface area contributed by atoms with Gasteiger partial charge in [0.2, 0.25) is 0 Å². The largest absolute Gasteiger partial charge is 0.334 e. The third-order valence-corrected chi connectivity index (χ3v) is 4.07. The van der Waals surface area contributed by atoms with Crippen LogP contribution in [0.3, 0.4) is 0 Å². The quantitative estimate of drug-likeness (QED) is 0.777. The maximum absolute atomic E-state index is 12.0. The number of hydrogen-bond acceptors (Lipinski definition) is 2. The number of aromatic amines is 1. The van der Waals surface area contributed by atoms with Crippen molar-refractivity contribution in [1.82, 2.24) is 9.97 Å². The normalized spacial score (nSPS) is 12.5. The minimum absolute atomic E-state index is 0.0978. The number of quaternary nitrogens is 1.